The lowest BCUT2D eigenvalue weighted by atomic mass is 10.2. The van der Waals surface area contributed by atoms with Gasteiger partial charge in [0.2, 0.25) is 0 Å². The van der Waals surface area contributed by atoms with E-state index in [4.69, 9.17) is 9.15 Å². The summed E-state index contributed by atoms with van der Waals surface area (Å²) in [5, 5.41) is 0. The van der Waals surface area contributed by atoms with Crippen LogP contribution in [0.5, 0.6) is 0 Å². The molecule has 1 unspecified atom stereocenters. The molecule has 0 saturated carbocycles. The molecule has 1 aliphatic rings. The predicted octanol–water partition coefficient (Wildman–Crippen LogP) is 1.34. The third-order valence-electron chi connectivity index (χ3n) is 1.96. The molecule has 0 N–H and O–H groups in total. The summed E-state index contributed by atoms with van der Waals surface area (Å²) in [4.78, 5) is 14.2. The molecule has 1 saturated heterocycles. The number of rotatable bonds is 2. The third kappa shape index (κ3) is 1.14. The Labute approximate surface area is 69.5 Å². The highest BCUT2D eigenvalue weighted by Gasteiger charge is 2.24. The van der Waals surface area contributed by atoms with Gasteiger partial charge in [0.15, 0.2) is 18.4 Å². The van der Waals surface area contributed by atoms with Gasteiger partial charge in [0.25, 0.3) is 0 Å². The van der Waals surface area contributed by atoms with Gasteiger partial charge in [-0.2, -0.15) is 0 Å². The smallest absolute Gasteiger partial charge is 0.181 e. The predicted molar refractivity (Wildman–Crippen MR) is 39.8 cm³/mol. The number of hydrogen-bond donors (Lipinski definition) is 0. The van der Waals surface area contributed by atoms with Gasteiger partial charge in [-0.3, -0.25) is 4.79 Å². The van der Waals surface area contributed by atoms with Crippen LogP contribution in [0.4, 0.5) is 0 Å². The molecule has 12 heavy (non-hydrogen) atoms. The second-order valence-corrected chi connectivity index (χ2v) is 2.72. The lowest BCUT2D eigenvalue weighted by molar-refractivity contribution is 0.0911. The van der Waals surface area contributed by atoms with Crippen molar-refractivity contribution in [1.29, 1.82) is 0 Å². The Morgan fingerprint density at radius 2 is 2.58 bits per heavy atom. The molecule has 0 spiro atoms. The molecule has 0 aromatic carbocycles. The minimum atomic E-state index is -0.0623. The second kappa shape index (κ2) is 3.06. The number of nitrogens with zero attached hydrogens (tertiary/aromatic N) is 1. The summed E-state index contributed by atoms with van der Waals surface area (Å²) in [6.45, 7) is 0.740. The molecule has 4 heteroatoms. The first-order valence-electron chi connectivity index (χ1n) is 3.92. The third-order valence-corrected chi connectivity index (χ3v) is 1.96. The van der Waals surface area contributed by atoms with Crippen LogP contribution in [-0.2, 0) is 4.74 Å². The van der Waals surface area contributed by atoms with Gasteiger partial charge in [0.1, 0.15) is 11.8 Å². The summed E-state index contributed by atoms with van der Waals surface area (Å²) < 4.78 is 10.4. The van der Waals surface area contributed by atoms with Crippen LogP contribution >= 0.6 is 0 Å². The maximum absolute atomic E-state index is 10.5. The molecule has 0 bridgehead atoms. The van der Waals surface area contributed by atoms with Crippen molar-refractivity contribution in [2.45, 2.75) is 18.9 Å². The van der Waals surface area contributed by atoms with E-state index in [-0.39, 0.29) is 6.10 Å². The van der Waals surface area contributed by atoms with Crippen molar-refractivity contribution in [3.8, 4) is 0 Å². The first kappa shape index (κ1) is 7.49. The molecule has 4 nitrogen and oxygen atoms in total. The van der Waals surface area contributed by atoms with E-state index in [1.54, 1.807) is 0 Å². The Bertz CT molecular complexity index is 276. The first-order valence-corrected chi connectivity index (χ1v) is 3.92. The topological polar surface area (TPSA) is 52.3 Å². The normalized spacial score (nSPS) is 22.8. The van der Waals surface area contributed by atoms with Crippen LogP contribution in [0.15, 0.2) is 10.8 Å². The Kier molecular flexibility index (Phi) is 1.91. The number of carbonyl (C=O) groups excluding carboxylic acids is 1. The Morgan fingerprint density at radius 3 is 3.25 bits per heavy atom. The molecule has 1 fully saturated rings. The van der Waals surface area contributed by atoms with Gasteiger partial charge >= 0.3 is 0 Å². The first-order chi connectivity index (χ1) is 5.92. The van der Waals surface area contributed by atoms with Crippen molar-refractivity contribution >= 4 is 6.29 Å². The number of oxazole rings is 1. The van der Waals surface area contributed by atoms with Crippen molar-refractivity contribution in [3.05, 3.63) is 17.8 Å². The van der Waals surface area contributed by atoms with Gasteiger partial charge < -0.3 is 9.15 Å². The van der Waals surface area contributed by atoms with Crippen LogP contribution < -0.4 is 0 Å². The van der Waals surface area contributed by atoms with Crippen LogP contribution in [0, 0.1) is 0 Å². The fraction of sp³-hybridized carbons (Fsp3) is 0.500. The zero-order chi connectivity index (χ0) is 8.39. The molecule has 0 amide bonds. The van der Waals surface area contributed by atoms with E-state index in [1.807, 2.05) is 0 Å². The molecule has 1 aliphatic heterocycles. The monoisotopic (exact) mass is 167 g/mol. The highest BCUT2D eigenvalue weighted by molar-refractivity contribution is 5.73. The standard InChI is InChI=1S/C8H9NO3/c10-4-6-8(12-5-9-6)7-2-1-3-11-7/h4-5,7H,1-3H2. The van der Waals surface area contributed by atoms with Crippen LogP contribution in [0.2, 0.25) is 0 Å². The minimum Gasteiger partial charge on any atom is -0.445 e. The number of aromatic nitrogens is 1. The van der Waals surface area contributed by atoms with Gasteiger partial charge in [-0.15, -0.1) is 0 Å². The van der Waals surface area contributed by atoms with Crippen molar-refractivity contribution < 1.29 is 13.9 Å². The Morgan fingerprint density at radius 1 is 1.67 bits per heavy atom. The lowest BCUT2D eigenvalue weighted by Gasteiger charge is -2.04. The zero-order valence-electron chi connectivity index (χ0n) is 6.53. The summed E-state index contributed by atoms with van der Waals surface area (Å²) in [6.07, 6.45) is 3.84. The lowest BCUT2D eigenvalue weighted by Crippen LogP contribution is -1.97. The average Bonchev–Trinajstić information content (AvgIpc) is 2.74. The Balaban J connectivity index is 2.25. The summed E-state index contributed by atoms with van der Waals surface area (Å²) in [5.74, 6) is 0.572. The highest BCUT2D eigenvalue weighted by atomic mass is 16.5. The van der Waals surface area contributed by atoms with Crippen molar-refractivity contribution in [2.75, 3.05) is 6.61 Å². The van der Waals surface area contributed by atoms with Crippen molar-refractivity contribution in [2.24, 2.45) is 0 Å². The van der Waals surface area contributed by atoms with E-state index in [9.17, 15) is 4.79 Å². The van der Waals surface area contributed by atoms with Gasteiger partial charge in [-0.05, 0) is 12.8 Å². The molecule has 1 aromatic heterocycles. The van der Waals surface area contributed by atoms with Crippen LogP contribution in [0.25, 0.3) is 0 Å². The zero-order valence-corrected chi connectivity index (χ0v) is 6.53. The van der Waals surface area contributed by atoms with Gasteiger partial charge in [0.05, 0.1) is 0 Å². The number of hydrogen-bond acceptors (Lipinski definition) is 4. The van der Waals surface area contributed by atoms with E-state index in [0.29, 0.717) is 17.7 Å². The second-order valence-electron chi connectivity index (χ2n) is 2.72. The van der Waals surface area contributed by atoms with Crippen molar-refractivity contribution in [3.63, 3.8) is 0 Å². The maximum Gasteiger partial charge on any atom is 0.181 e. The number of aldehydes is 1. The molecular weight excluding hydrogens is 158 g/mol. The van der Waals surface area contributed by atoms with E-state index in [2.05, 4.69) is 4.98 Å². The number of carbonyl (C=O) groups is 1. The molecular formula is C8H9NO3. The Hall–Kier alpha value is -1.16. The van der Waals surface area contributed by atoms with Gasteiger partial charge in [0, 0.05) is 6.61 Å². The summed E-state index contributed by atoms with van der Waals surface area (Å²) in [7, 11) is 0. The quantitative estimate of drug-likeness (QED) is 0.623. The largest absolute Gasteiger partial charge is 0.445 e. The highest BCUT2D eigenvalue weighted by Crippen LogP contribution is 2.29. The summed E-state index contributed by atoms with van der Waals surface area (Å²) in [5.41, 5.74) is 0.363. The molecule has 1 atom stereocenters. The van der Waals surface area contributed by atoms with Crippen LogP contribution in [0.3, 0.4) is 0 Å². The average molecular weight is 167 g/mol. The molecule has 64 valence electrons. The molecule has 0 aliphatic carbocycles. The summed E-state index contributed by atoms with van der Waals surface area (Å²) >= 11 is 0. The fourth-order valence-electron chi connectivity index (χ4n) is 1.38. The molecule has 0 radical (unpaired) electrons. The van der Waals surface area contributed by atoms with E-state index < -0.39 is 0 Å². The maximum atomic E-state index is 10.5. The fourth-order valence-corrected chi connectivity index (χ4v) is 1.38. The molecule has 2 heterocycles. The van der Waals surface area contributed by atoms with Crippen LogP contribution in [0.1, 0.15) is 35.2 Å². The van der Waals surface area contributed by atoms with Crippen molar-refractivity contribution in [1.82, 2.24) is 4.98 Å². The SMILES string of the molecule is O=Cc1ncoc1C1CCCO1. The van der Waals surface area contributed by atoms with Gasteiger partial charge in [-0.25, -0.2) is 4.98 Å². The summed E-state index contributed by atoms with van der Waals surface area (Å²) in [6, 6.07) is 0. The van der Waals surface area contributed by atoms with E-state index >= 15 is 0 Å². The molecule has 1 aromatic rings. The number of ether oxygens (including phenoxy) is 1. The minimum absolute atomic E-state index is 0.0623. The van der Waals surface area contributed by atoms with Crippen LogP contribution in [-0.4, -0.2) is 17.9 Å². The van der Waals surface area contributed by atoms with E-state index in [1.165, 1.54) is 6.39 Å². The molecule has 2 rings (SSSR count). The van der Waals surface area contributed by atoms with E-state index in [0.717, 1.165) is 19.4 Å². The van der Waals surface area contributed by atoms with Gasteiger partial charge in [-0.1, -0.05) is 0 Å².